The zero-order valence-corrected chi connectivity index (χ0v) is 11.7. The van der Waals surface area contributed by atoms with Crippen LogP contribution in [-0.2, 0) is 10.3 Å². The summed E-state index contributed by atoms with van der Waals surface area (Å²) in [7, 11) is 0. The zero-order valence-electron chi connectivity index (χ0n) is 11.7. The minimum absolute atomic E-state index is 0.287. The van der Waals surface area contributed by atoms with E-state index in [4.69, 9.17) is 11.5 Å². The molecule has 1 fully saturated rings. The monoisotopic (exact) mass is 261 g/mol. The number of benzene rings is 1. The predicted molar refractivity (Wildman–Crippen MR) is 76.3 cm³/mol. The van der Waals surface area contributed by atoms with E-state index in [0.29, 0.717) is 6.54 Å². The van der Waals surface area contributed by atoms with Crippen molar-refractivity contribution in [3.8, 4) is 0 Å². The molecule has 1 heterocycles. The molecule has 0 aliphatic carbocycles. The zero-order chi connectivity index (χ0) is 14.1. The van der Waals surface area contributed by atoms with Crippen molar-refractivity contribution in [1.82, 2.24) is 4.90 Å². The fourth-order valence-electron chi connectivity index (χ4n) is 2.76. The smallest absolute Gasteiger partial charge is 0.243 e. The lowest BCUT2D eigenvalue weighted by Gasteiger charge is -2.32. The minimum atomic E-state index is -1.11. The molecule has 104 valence electrons. The molecule has 0 aromatic heterocycles. The maximum Gasteiger partial charge on any atom is 0.243 e. The number of likely N-dealkylation sites (tertiary alicyclic amines) is 1. The topological polar surface area (TPSA) is 72.3 Å². The molecule has 1 aromatic rings. The third-order valence-corrected chi connectivity index (χ3v) is 3.96. The lowest BCUT2D eigenvalue weighted by atomic mass is 9.89. The Kier molecular flexibility index (Phi) is 3.65. The Bertz CT molecular complexity index is 458. The second-order valence-corrected chi connectivity index (χ2v) is 6.33. The highest BCUT2D eigenvalue weighted by molar-refractivity contribution is 5.86. The summed E-state index contributed by atoms with van der Waals surface area (Å²) < 4.78 is 0. The van der Waals surface area contributed by atoms with Gasteiger partial charge in [0.25, 0.3) is 0 Å². The SMILES string of the molecule is CC1(C)CCN(CC(N)(C(N)=O)c2ccccc2)C1. The summed E-state index contributed by atoms with van der Waals surface area (Å²) in [5.74, 6) is -0.469. The van der Waals surface area contributed by atoms with Crippen LogP contribution in [0.1, 0.15) is 25.8 Å². The highest BCUT2D eigenvalue weighted by atomic mass is 16.1. The van der Waals surface area contributed by atoms with Crippen LogP contribution < -0.4 is 11.5 Å². The first-order valence-electron chi connectivity index (χ1n) is 6.70. The van der Waals surface area contributed by atoms with Gasteiger partial charge in [-0.15, -0.1) is 0 Å². The fourth-order valence-corrected chi connectivity index (χ4v) is 2.76. The fraction of sp³-hybridized carbons (Fsp3) is 0.533. The summed E-state index contributed by atoms with van der Waals surface area (Å²) >= 11 is 0. The van der Waals surface area contributed by atoms with Gasteiger partial charge in [-0.25, -0.2) is 0 Å². The summed E-state index contributed by atoms with van der Waals surface area (Å²) in [6.07, 6.45) is 1.12. The largest absolute Gasteiger partial charge is 0.368 e. The van der Waals surface area contributed by atoms with Gasteiger partial charge in [-0.1, -0.05) is 44.2 Å². The van der Waals surface area contributed by atoms with Crippen LogP contribution in [0.25, 0.3) is 0 Å². The molecular weight excluding hydrogens is 238 g/mol. The number of rotatable bonds is 4. The summed E-state index contributed by atoms with van der Waals surface area (Å²) in [5, 5.41) is 0. The van der Waals surface area contributed by atoms with Crippen LogP contribution in [0.15, 0.2) is 30.3 Å². The molecule has 1 amide bonds. The summed E-state index contributed by atoms with van der Waals surface area (Å²) in [4.78, 5) is 14.1. The molecule has 1 aromatic carbocycles. The second-order valence-electron chi connectivity index (χ2n) is 6.33. The Morgan fingerprint density at radius 1 is 1.37 bits per heavy atom. The molecule has 1 atom stereocenters. The minimum Gasteiger partial charge on any atom is -0.368 e. The Labute approximate surface area is 114 Å². The van der Waals surface area contributed by atoms with E-state index in [1.54, 1.807) is 0 Å². The number of nitrogens with two attached hydrogens (primary N) is 2. The summed E-state index contributed by atoms with van der Waals surface area (Å²) in [6, 6.07) is 9.41. The molecule has 4 heteroatoms. The van der Waals surface area contributed by atoms with Crippen molar-refractivity contribution < 1.29 is 4.79 Å². The van der Waals surface area contributed by atoms with Gasteiger partial charge in [-0.05, 0) is 23.9 Å². The molecule has 0 spiro atoms. The van der Waals surface area contributed by atoms with Gasteiger partial charge in [0.15, 0.2) is 0 Å². The first-order valence-corrected chi connectivity index (χ1v) is 6.70. The summed E-state index contributed by atoms with van der Waals surface area (Å²) in [6.45, 7) is 6.86. The van der Waals surface area contributed by atoms with E-state index in [2.05, 4.69) is 18.7 Å². The van der Waals surface area contributed by atoms with E-state index in [0.717, 1.165) is 25.1 Å². The predicted octanol–water partition coefficient (Wildman–Crippen LogP) is 1.06. The van der Waals surface area contributed by atoms with E-state index in [9.17, 15) is 4.79 Å². The van der Waals surface area contributed by atoms with Crippen LogP contribution in [0.4, 0.5) is 0 Å². The Balaban J connectivity index is 2.20. The van der Waals surface area contributed by atoms with Crippen molar-refractivity contribution >= 4 is 5.91 Å². The molecule has 2 rings (SSSR count). The van der Waals surface area contributed by atoms with Crippen molar-refractivity contribution in [1.29, 1.82) is 0 Å². The van der Waals surface area contributed by atoms with E-state index in [-0.39, 0.29) is 5.41 Å². The van der Waals surface area contributed by atoms with E-state index < -0.39 is 11.4 Å². The summed E-state index contributed by atoms with van der Waals surface area (Å²) in [5.41, 5.74) is 11.8. The van der Waals surface area contributed by atoms with Crippen LogP contribution in [0.5, 0.6) is 0 Å². The van der Waals surface area contributed by atoms with Crippen molar-refractivity contribution in [2.45, 2.75) is 25.8 Å². The third kappa shape index (κ3) is 2.96. The van der Waals surface area contributed by atoms with Crippen LogP contribution in [0.2, 0.25) is 0 Å². The number of hydrogen-bond acceptors (Lipinski definition) is 3. The maximum atomic E-state index is 11.8. The van der Waals surface area contributed by atoms with Crippen LogP contribution in [0, 0.1) is 5.41 Å². The van der Waals surface area contributed by atoms with E-state index in [1.165, 1.54) is 0 Å². The first kappa shape index (κ1) is 14.0. The maximum absolute atomic E-state index is 11.8. The number of nitrogens with zero attached hydrogens (tertiary/aromatic N) is 1. The molecule has 4 N–H and O–H groups in total. The van der Waals surface area contributed by atoms with Gasteiger partial charge in [0.05, 0.1) is 0 Å². The van der Waals surface area contributed by atoms with Gasteiger partial charge in [0.2, 0.25) is 5.91 Å². The van der Waals surface area contributed by atoms with Crippen molar-refractivity contribution in [3.63, 3.8) is 0 Å². The highest BCUT2D eigenvalue weighted by Crippen LogP contribution is 2.31. The van der Waals surface area contributed by atoms with Gasteiger partial charge in [-0.2, -0.15) is 0 Å². The molecule has 0 radical (unpaired) electrons. The molecule has 19 heavy (non-hydrogen) atoms. The Hall–Kier alpha value is -1.39. The normalized spacial score (nSPS) is 22.1. The number of hydrogen-bond donors (Lipinski definition) is 2. The van der Waals surface area contributed by atoms with Gasteiger partial charge < -0.3 is 16.4 Å². The first-order chi connectivity index (χ1) is 8.83. The third-order valence-electron chi connectivity index (χ3n) is 3.96. The average Bonchev–Trinajstić information content (AvgIpc) is 2.69. The number of carbonyl (C=O) groups excluding carboxylic acids is 1. The molecular formula is C15H23N3O. The highest BCUT2D eigenvalue weighted by Gasteiger charge is 2.39. The quantitative estimate of drug-likeness (QED) is 0.851. The van der Waals surface area contributed by atoms with Gasteiger partial charge in [-0.3, -0.25) is 4.79 Å². The second kappa shape index (κ2) is 4.94. The molecule has 1 unspecified atom stereocenters. The molecule has 0 saturated carbocycles. The number of carbonyl (C=O) groups is 1. The van der Waals surface area contributed by atoms with Crippen LogP contribution in [0.3, 0.4) is 0 Å². The molecule has 1 aliphatic heterocycles. The molecule has 0 bridgehead atoms. The van der Waals surface area contributed by atoms with Gasteiger partial charge in [0, 0.05) is 13.1 Å². The molecule has 4 nitrogen and oxygen atoms in total. The van der Waals surface area contributed by atoms with E-state index in [1.807, 2.05) is 30.3 Å². The Morgan fingerprint density at radius 3 is 2.47 bits per heavy atom. The van der Waals surface area contributed by atoms with Crippen molar-refractivity contribution in [2.24, 2.45) is 16.9 Å². The lowest BCUT2D eigenvalue weighted by molar-refractivity contribution is -0.124. The van der Waals surface area contributed by atoms with Crippen molar-refractivity contribution in [2.75, 3.05) is 19.6 Å². The van der Waals surface area contributed by atoms with Crippen LogP contribution in [-0.4, -0.2) is 30.4 Å². The molecule has 1 saturated heterocycles. The number of primary amides is 1. The molecule has 1 aliphatic rings. The standard InChI is InChI=1S/C15H23N3O/c1-14(2)8-9-18(10-14)11-15(17,13(16)19)12-6-4-3-5-7-12/h3-7H,8-11,17H2,1-2H3,(H2,16,19). The average molecular weight is 261 g/mol. The van der Waals surface area contributed by atoms with Crippen molar-refractivity contribution in [3.05, 3.63) is 35.9 Å². The van der Waals surface area contributed by atoms with Gasteiger partial charge >= 0.3 is 0 Å². The Morgan fingerprint density at radius 2 is 2.00 bits per heavy atom. The van der Waals surface area contributed by atoms with Crippen LogP contribution >= 0.6 is 0 Å². The number of amides is 1. The van der Waals surface area contributed by atoms with Gasteiger partial charge in [0.1, 0.15) is 5.54 Å². The lowest BCUT2D eigenvalue weighted by Crippen LogP contribution is -2.56. The van der Waals surface area contributed by atoms with E-state index >= 15 is 0 Å².